The molecule has 0 spiro atoms. The molecule has 0 saturated heterocycles. The fraction of sp³-hybridized carbons (Fsp3) is 0.111. The van der Waals surface area contributed by atoms with Crippen molar-refractivity contribution in [3.05, 3.63) is 71.2 Å². The summed E-state index contributed by atoms with van der Waals surface area (Å²) in [4.78, 5) is 5.33. The number of halogens is 1. The van der Waals surface area contributed by atoms with E-state index in [0.29, 0.717) is 6.54 Å². The van der Waals surface area contributed by atoms with Crippen LogP contribution in [0, 0.1) is 5.82 Å². The van der Waals surface area contributed by atoms with Gasteiger partial charge in [-0.2, -0.15) is 5.10 Å². The number of nitrogens with one attached hydrogen (secondary N) is 2. The van der Waals surface area contributed by atoms with Crippen LogP contribution in [0.15, 0.2) is 55.0 Å². The second kappa shape index (κ2) is 6.51. The molecule has 0 radical (unpaired) electrons. The number of H-pyrrole nitrogens is 1. The van der Waals surface area contributed by atoms with Crippen molar-refractivity contribution in [2.75, 3.05) is 0 Å². The second-order valence-electron chi connectivity index (χ2n) is 5.51. The van der Waals surface area contributed by atoms with Crippen molar-refractivity contribution in [1.82, 2.24) is 20.5 Å². The summed E-state index contributed by atoms with van der Waals surface area (Å²) in [6.45, 7) is 1.43. The van der Waals surface area contributed by atoms with Gasteiger partial charge >= 0.3 is 0 Å². The zero-order chi connectivity index (χ0) is 16.4. The Kier molecular flexibility index (Phi) is 4.06. The van der Waals surface area contributed by atoms with Crippen molar-refractivity contribution >= 4 is 21.4 Å². The fourth-order valence-corrected chi connectivity index (χ4v) is 3.70. The van der Waals surface area contributed by atoms with Gasteiger partial charge in [0, 0.05) is 46.2 Å². The Morgan fingerprint density at radius 3 is 2.96 bits per heavy atom. The van der Waals surface area contributed by atoms with E-state index >= 15 is 0 Å². The predicted octanol–water partition coefficient (Wildman–Crippen LogP) is 4.12. The minimum absolute atomic E-state index is 0.195. The standard InChI is InChI=1S/C18H15FN4S/c19-15-3-4-17-13(6-15)7-16(24-17)11-21-9-14-10-22-23-18(14)12-2-1-5-20-8-12/h1-8,10,21H,9,11H2,(H,22,23). The Bertz CT molecular complexity index is 961. The van der Waals surface area contributed by atoms with Crippen molar-refractivity contribution in [2.24, 2.45) is 0 Å². The number of nitrogens with zero attached hydrogens (tertiary/aromatic N) is 2. The van der Waals surface area contributed by atoms with Crippen LogP contribution in [0.1, 0.15) is 10.4 Å². The van der Waals surface area contributed by atoms with E-state index in [0.717, 1.165) is 33.5 Å². The summed E-state index contributed by atoms with van der Waals surface area (Å²) in [5, 5.41) is 11.5. The Morgan fingerprint density at radius 1 is 1.12 bits per heavy atom. The molecule has 4 nitrogen and oxygen atoms in total. The summed E-state index contributed by atoms with van der Waals surface area (Å²) in [6, 6.07) is 10.9. The fourth-order valence-electron chi connectivity index (χ4n) is 2.68. The van der Waals surface area contributed by atoms with Crippen molar-refractivity contribution in [3.63, 3.8) is 0 Å². The molecule has 0 aliphatic heterocycles. The zero-order valence-electron chi connectivity index (χ0n) is 12.8. The first-order valence-corrected chi connectivity index (χ1v) is 8.42. The number of thiophene rings is 1. The first-order valence-electron chi connectivity index (χ1n) is 7.61. The SMILES string of the molecule is Fc1ccc2sc(CNCc3cn[nH]c3-c3cccnc3)cc2c1. The minimum Gasteiger partial charge on any atom is -0.308 e. The van der Waals surface area contributed by atoms with Crippen molar-refractivity contribution in [1.29, 1.82) is 0 Å². The van der Waals surface area contributed by atoms with Crippen LogP contribution >= 0.6 is 11.3 Å². The summed E-state index contributed by atoms with van der Waals surface area (Å²) in [5.74, 6) is -0.195. The third-order valence-electron chi connectivity index (χ3n) is 3.81. The molecule has 3 heterocycles. The number of rotatable bonds is 5. The van der Waals surface area contributed by atoms with Crippen LogP contribution in [-0.2, 0) is 13.1 Å². The lowest BCUT2D eigenvalue weighted by Crippen LogP contribution is -2.11. The molecule has 0 aliphatic rings. The van der Waals surface area contributed by atoms with E-state index in [4.69, 9.17) is 0 Å². The van der Waals surface area contributed by atoms with E-state index in [-0.39, 0.29) is 5.82 Å². The van der Waals surface area contributed by atoms with Gasteiger partial charge in [-0.3, -0.25) is 10.1 Å². The molecule has 0 fully saturated rings. The highest BCUT2D eigenvalue weighted by molar-refractivity contribution is 7.19. The summed E-state index contributed by atoms with van der Waals surface area (Å²) in [7, 11) is 0. The first-order chi connectivity index (χ1) is 11.8. The van der Waals surface area contributed by atoms with E-state index in [9.17, 15) is 4.39 Å². The molecule has 0 amide bonds. The Labute approximate surface area is 142 Å². The van der Waals surface area contributed by atoms with Gasteiger partial charge in [-0.05, 0) is 41.8 Å². The van der Waals surface area contributed by atoms with Gasteiger partial charge in [0.05, 0.1) is 11.9 Å². The van der Waals surface area contributed by atoms with Gasteiger partial charge in [0.25, 0.3) is 0 Å². The first kappa shape index (κ1) is 15.0. The topological polar surface area (TPSA) is 53.6 Å². The van der Waals surface area contributed by atoms with Crippen LogP contribution in [0.25, 0.3) is 21.3 Å². The highest BCUT2D eigenvalue weighted by Gasteiger charge is 2.08. The Balaban J connectivity index is 1.45. The lowest BCUT2D eigenvalue weighted by molar-refractivity contribution is 0.630. The molecule has 2 N–H and O–H groups in total. The molecule has 0 bridgehead atoms. The lowest BCUT2D eigenvalue weighted by atomic mass is 10.1. The number of hydrogen-bond acceptors (Lipinski definition) is 4. The number of fused-ring (bicyclic) bond motifs is 1. The Hall–Kier alpha value is -2.57. The zero-order valence-corrected chi connectivity index (χ0v) is 13.6. The van der Waals surface area contributed by atoms with Gasteiger partial charge in [0.15, 0.2) is 0 Å². The molecule has 0 unspecified atom stereocenters. The van der Waals surface area contributed by atoms with Crippen molar-refractivity contribution in [2.45, 2.75) is 13.1 Å². The smallest absolute Gasteiger partial charge is 0.123 e. The van der Waals surface area contributed by atoms with Crippen molar-refractivity contribution in [3.8, 4) is 11.3 Å². The number of aromatic amines is 1. The molecule has 4 aromatic rings. The maximum absolute atomic E-state index is 13.3. The van der Waals surface area contributed by atoms with Crippen LogP contribution in [0.4, 0.5) is 4.39 Å². The molecular formula is C18H15FN4S. The molecular weight excluding hydrogens is 323 g/mol. The molecule has 6 heteroatoms. The monoisotopic (exact) mass is 338 g/mol. The highest BCUT2D eigenvalue weighted by atomic mass is 32.1. The molecule has 1 aromatic carbocycles. The number of benzene rings is 1. The molecule has 0 aliphatic carbocycles. The van der Waals surface area contributed by atoms with E-state index in [1.165, 1.54) is 10.9 Å². The second-order valence-corrected chi connectivity index (χ2v) is 6.68. The molecule has 4 rings (SSSR count). The normalized spacial score (nSPS) is 11.2. The summed E-state index contributed by atoms with van der Waals surface area (Å²) in [5.41, 5.74) is 3.09. The summed E-state index contributed by atoms with van der Waals surface area (Å²) < 4.78 is 14.4. The maximum Gasteiger partial charge on any atom is 0.123 e. The summed E-state index contributed by atoms with van der Waals surface area (Å²) >= 11 is 1.68. The van der Waals surface area contributed by atoms with Crippen LogP contribution in [-0.4, -0.2) is 15.2 Å². The third-order valence-corrected chi connectivity index (χ3v) is 4.93. The van der Waals surface area contributed by atoms with Gasteiger partial charge in [0.2, 0.25) is 0 Å². The van der Waals surface area contributed by atoms with Crippen LogP contribution < -0.4 is 5.32 Å². The lowest BCUT2D eigenvalue weighted by Gasteiger charge is -2.04. The molecule has 0 atom stereocenters. The van der Waals surface area contributed by atoms with E-state index in [1.54, 1.807) is 23.6 Å². The largest absolute Gasteiger partial charge is 0.308 e. The third kappa shape index (κ3) is 3.06. The van der Waals surface area contributed by atoms with E-state index < -0.39 is 0 Å². The van der Waals surface area contributed by atoms with Gasteiger partial charge in [-0.25, -0.2) is 4.39 Å². The van der Waals surface area contributed by atoms with Gasteiger partial charge in [0.1, 0.15) is 5.82 Å². The van der Waals surface area contributed by atoms with Gasteiger partial charge < -0.3 is 5.32 Å². The van der Waals surface area contributed by atoms with E-state index in [1.807, 2.05) is 36.7 Å². The minimum atomic E-state index is -0.195. The quantitative estimate of drug-likeness (QED) is 0.576. The number of aromatic nitrogens is 3. The van der Waals surface area contributed by atoms with Gasteiger partial charge in [-0.1, -0.05) is 0 Å². The molecule has 3 aromatic heterocycles. The van der Waals surface area contributed by atoms with Crippen molar-refractivity contribution < 1.29 is 4.39 Å². The molecule has 24 heavy (non-hydrogen) atoms. The van der Waals surface area contributed by atoms with Crippen LogP contribution in [0.3, 0.4) is 0 Å². The Morgan fingerprint density at radius 2 is 2.08 bits per heavy atom. The average molecular weight is 338 g/mol. The van der Waals surface area contributed by atoms with Crippen LogP contribution in [0.5, 0.6) is 0 Å². The summed E-state index contributed by atoms with van der Waals surface area (Å²) in [6.07, 6.45) is 5.40. The number of hydrogen-bond donors (Lipinski definition) is 2. The average Bonchev–Trinajstić information content (AvgIpc) is 3.22. The number of pyridine rings is 1. The molecule has 0 saturated carbocycles. The van der Waals surface area contributed by atoms with E-state index in [2.05, 4.69) is 20.5 Å². The van der Waals surface area contributed by atoms with Crippen LogP contribution in [0.2, 0.25) is 0 Å². The maximum atomic E-state index is 13.3. The highest BCUT2D eigenvalue weighted by Crippen LogP contribution is 2.26. The van der Waals surface area contributed by atoms with Gasteiger partial charge in [-0.15, -0.1) is 11.3 Å². The predicted molar refractivity (Wildman–Crippen MR) is 94.1 cm³/mol. The molecule has 120 valence electrons.